The van der Waals surface area contributed by atoms with Crippen molar-refractivity contribution in [1.29, 1.82) is 0 Å². The first-order chi connectivity index (χ1) is 9.28. The second-order valence-corrected chi connectivity index (χ2v) is 5.89. The van der Waals surface area contributed by atoms with E-state index in [2.05, 4.69) is 43.4 Å². The lowest BCUT2D eigenvalue weighted by Crippen LogP contribution is -2.20. The average molecular weight is 261 g/mol. The van der Waals surface area contributed by atoms with Crippen LogP contribution in [0.25, 0.3) is 0 Å². The molecule has 1 saturated carbocycles. The number of benzene rings is 1. The molecule has 1 fully saturated rings. The van der Waals surface area contributed by atoms with E-state index in [1.807, 2.05) is 0 Å². The third-order valence-corrected chi connectivity index (χ3v) is 3.97. The van der Waals surface area contributed by atoms with E-state index in [1.165, 1.54) is 31.4 Å². The van der Waals surface area contributed by atoms with Gasteiger partial charge in [0.05, 0.1) is 6.61 Å². The molecule has 2 rings (SSSR count). The summed E-state index contributed by atoms with van der Waals surface area (Å²) >= 11 is 0. The van der Waals surface area contributed by atoms with Crippen LogP contribution in [0.3, 0.4) is 0 Å². The molecule has 19 heavy (non-hydrogen) atoms. The average Bonchev–Trinajstić information content (AvgIpc) is 2.44. The fourth-order valence-electron chi connectivity index (χ4n) is 2.90. The van der Waals surface area contributed by atoms with Gasteiger partial charge >= 0.3 is 0 Å². The molecular weight excluding hydrogens is 234 g/mol. The highest BCUT2D eigenvalue weighted by molar-refractivity contribution is 5.46. The normalized spacial score (nSPS) is 23.1. The predicted octanol–water partition coefficient (Wildman–Crippen LogP) is 4.71. The van der Waals surface area contributed by atoms with Crippen molar-refractivity contribution in [1.82, 2.24) is 0 Å². The van der Waals surface area contributed by atoms with Crippen molar-refractivity contribution in [2.45, 2.75) is 46.0 Å². The molecule has 0 amide bonds. The summed E-state index contributed by atoms with van der Waals surface area (Å²) in [6, 6.07) is 8.36. The third-order valence-electron chi connectivity index (χ3n) is 3.97. The Kier molecular flexibility index (Phi) is 5.56. The molecule has 1 aliphatic rings. The van der Waals surface area contributed by atoms with E-state index in [1.54, 1.807) is 0 Å². The van der Waals surface area contributed by atoms with Crippen LogP contribution < -0.4 is 10.1 Å². The Morgan fingerprint density at radius 1 is 1.21 bits per heavy atom. The van der Waals surface area contributed by atoms with E-state index >= 15 is 0 Å². The van der Waals surface area contributed by atoms with Gasteiger partial charge in [0.2, 0.25) is 0 Å². The van der Waals surface area contributed by atoms with Crippen LogP contribution in [0.1, 0.15) is 46.0 Å². The molecule has 1 aliphatic carbocycles. The zero-order valence-corrected chi connectivity index (χ0v) is 12.3. The molecule has 2 heteroatoms. The lowest BCUT2D eigenvalue weighted by Gasteiger charge is -2.27. The molecule has 2 nitrogen and oxygen atoms in total. The largest absolute Gasteiger partial charge is 0.494 e. The minimum Gasteiger partial charge on any atom is -0.494 e. The minimum absolute atomic E-state index is 0.798. The molecule has 0 aliphatic heterocycles. The van der Waals surface area contributed by atoms with Crippen molar-refractivity contribution in [2.75, 3.05) is 18.5 Å². The van der Waals surface area contributed by atoms with Gasteiger partial charge in [0.15, 0.2) is 0 Å². The second kappa shape index (κ2) is 7.42. The molecule has 2 unspecified atom stereocenters. The highest BCUT2D eigenvalue weighted by Crippen LogP contribution is 2.28. The summed E-state index contributed by atoms with van der Waals surface area (Å²) in [5.74, 6) is 2.73. The summed E-state index contributed by atoms with van der Waals surface area (Å²) in [7, 11) is 0. The van der Waals surface area contributed by atoms with Gasteiger partial charge in [0.1, 0.15) is 5.75 Å². The Labute approximate surface area is 117 Å². The van der Waals surface area contributed by atoms with Gasteiger partial charge in [-0.3, -0.25) is 0 Å². The molecule has 0 aromatic heterocycles. The van der Waals surface area contributed by atoms with Crippen LogP contribution in [0.4, 0.5) is 5.69 Å². The van der Waals surface area contributed by atoms with Crippen LogP contribution in [0.2, 0.25) is 0 Å². The van der Waals surface area contributed by atoms with Crippen LogP contribution in [-0.4, -0.2) is 13.2 Å². The minimum atomic E-state index is 0.798. The Balaban J connectivity index is 1.76. The molecule has 0 heterocycles. The van der Waals surface area contributed by atoms with Crippen molar-refractivity contribution < 1.29 is 4.74 Å². The maximum Gasteiger partial charge on any atom is 0.119 e. The molecule has 0 radical (unpaired) electrons. The van der Waals surface area contributed by atoms with Crippen molar-refractivity contribution in [3.8, 4) is 5.75 Å². The number of anilines is 1. The first-order valence-corrected chi connectivity index (χ1v) is 7.74. The summed E-state index contributed by atoms with van der Waals surface area (Å²) in [5, 5.41) is 3.56. The van der Waals surface area contributed by atoms with E-state index in [0.717, 1.165) is 37.2 Å². The molecule has 2 atom stereocenters. The Bertz CT molecular complexity index is 360. The van der Waals surface area contributed by atoms with Gasteiger partial charge < -0.3 is 10.1 Å². The van der Waals surface area contributed by atoms with Crippen LogP contribution in [-0.2, 0) is 0 Å². The van der Waals surface area contributed by atoms with Gasteiger partial charge in [-0.05, 0) is 55.4 Å². The van der Waals surface area contributed by atoms with Crippen molar-refractivity contribution >= 4 is 5.69 Å². The van der Waals surface area contributed by atoms with Gasteiger partial charge in [-0.1, -0.05) is 26.7 Å². The molecule has 1 aromatic carbocycles. The van der Waals surface area contributed by atoms with E-state index in [0.29, 0.717) is 0 Å². The number of hydrogen-bond donors (Lipinski definition) is 1. The maximum atomic E-state index is 5.59. The summed E-state index contributed by atoms with van der Waals surface area (Å²) < 4.78 is 5.59. The lowest BCUT2D eigenvalue weighted by atomic mass is 9.82. The Morgan fingerprint density at radius 2 is 2.00 bits per heavy atom. The molecule has 1 aromatic rings. The van der Waals surface area contributed by atoms with Crippen molar-refractivity contribution in [3.63, 3.8) is 0 Å². The third kappa shape index (κ3) is 4.77. The topological polar surface area (TPSA) is 21.3 Å². The zero-order valence-electron chi connectivity index (χ0n) is 12.3. The predicted molar refractivity (Wildman–Crippen MR) is 81.8 cm³/mol. The molecule has 0 saturated heterocycles. The number of ether oxygens (including phenoxy) is 1. The van der Waals surface area contributed by atoms with E-state index in [4.69, 9.17) is 4.74 Å². The summed E-state index contributed by atoms with van der Waals surface area (Å²) in [6.45, 7) is 6.42. The lowest BCUT2D eigenvalue weighted by molar-refractivity contribution is 0.293. The van der Waals surface area contributed by atoms with Gasteiger partial charge in [-0.25, -0.2) is 0 Å². The fourth-order valence-corrected chi connectivity index (χ4v) is 2.90. The first kappa shape index (κ1) is 14.2. The highest BCUT2D eigenvalue weighted by atomic mass is 16.5. The van der Waals surface area contributed by atoms with Crippen molar-refractivity contribution in [2.24, 2.45) is 11.8 Å². The van der Waals surface area contributed by atoms with E-state index < -0.39 is 0 Å². The van der Waals surface area contributed by atoms with Gasteiger partial charge in [-0.2, -0.15) is 0 Å². The van der Waals surface area contributed by atoms with Crippen LogP contribution in [0.5, 0.6) is 5.75 Å². The van der Waals surface area contributed by atoms with Crippen LogP contribution in [0, 0.1) is 11.8 Å². The Hall–Kier alpha value is -1.18. The smallest absolute Gasteiger partial charge is 0.119 e. The van der Waals surface area contributed by atoms with E-state index in [9.17, 15) is 0 Å². The summed E-state index contributed by atoms with van der Waals surface area (Å²) in [4.78, 5) is 0. The Morgan fingerprint density at radius 3 is 2.68 bits per heavy atom. The summed E-state index contributed by atoms with van der Waals surface area (Å²) in [6.07, 6.45) is 6.64. The van der Waals surface area contributed by atoms with Crippen LogP contribution >= 0.6 is 0 Å². The number of hydrogen-bond acceptors (Lipinski definition) is 2. The quantitative estimate of drug-likeness (QED) is 0.800. The second-order valence-electron chi connectivity index (χ2n) is 5.89. The monoisotopic (exact) mass is 261 g/mol. The highest BCUT2D eigenvalue weighted by Gasteiger charge is 2.18. The number of nitrogens with one attached hydrogen (secondary N) is 1. The van der Waals surface area contributed by atoms with Gasteiger partial charge in [0, 0.05) is 12.2 Å². The molecule has 1 N–H and O–H groups in total. The summed E-state index contributed by atoms with van der Waals surface area (Å²) in [5.41, 5.74) is 1.21. The van der Waals surface area contributed by atoms with Crippen molar-refractivity contribution in [3.05, 3.63) is 24.3 Å². The maximum absolute atomic E-state index is 5.59. The van der Waals surface area contributed by atoms with Crippen LogP contribution in [0.15, 0.2) is 24.3 Å². The standard InChI is InChI=1S/C17H27NO/c1-3-11-19-17-9-7-16(8-10-17)18-13-15-6-4-5-14(2)12-15/h7-10,14-15,18H,3-6,11-13H2,1-2H3. The molecule has 106 valence electrons. The molecule has 0 bridgehead atoms. The SMILES string of the molecule is CCCOc1ccc(NCC2CCCC(C)C2)cc1. The number of rotatable bonds is 6. The molecular formula is C17H27NO. The van der Waals surface area contributed by atoms with Gasteiger partial charge in [-0.15, -0.1) is 0 Å². The first-order valence-electron chi connectivity index (χ1n) is 7.74. The fraction of sp³-hybridized carbons (Fsp3) is 0.647. The molecule has 0 spiro atoms. The van der Waals surface area contributed by atoms with E-state index in [-0.39, 0.29) is 0 Å². The zero-order chi connectivity index (χ0) is 13.5. The van der Waals surface area contributed by atoms with Gasteiger partial charge in [0.25, 0.3) is 0 Å².